The van der Waals surface area contributed by atoms with Gasteiger partial charge in [-0.2, -0.15) is 0 Å². The number of nitrogens with one attached hydrogen (secondary N) is 1. The Kier molecular flexibility index (Phi) is 5.21. The molecule has 0 amide bonds. The molecule has 0 aliphatic carbocycles. The number of benzene rings is 1. The van der Waals surface area contributed by atoms with Crippen LogP contribution in [0.5, 0.6) is 0 Å². The van der Waals surface area contributed by atoms with E-state index in [4.69, 9.17) is 0 Å². The molecule has 1 fully saturated rings. The van der Waals surface area contributed by atoms with Crippen LogP contribution in [-0.4, -0.2) is 30.1 Å². The lowest BCUT2D eigenvalue weighted by molar-refractivity contribution is 0.129. The molecule has 2 atom stereocenters. The molecule has 1 aromatic rings. The van der Waals surface area contributed by atoms with Crippen molar-refractivity contribution in [2.24, 2.45) is 0 Å². The van der Waals surface area contributed by atoms with E-state index in [0.717, 1.165) is 19.1 Å². The van der Waals surface area contributed by atoms with Gasteiger partial charge < -0.3 is 5.32 Å². The van der Waals surface area contributed by atoms with E-state index in [9.17, 15) is 0 Å². The van der Waals surface area contributed by atoms with Gasteiger partial charge in [-0.15, -0.1) is 0 Å². The van der Waals surface area contributed by atoms with E-state index in [-0.39, 0.29) is 0 Å². The second-order valence-electron chi connectivity index (χ2n) is 5.48. The third kappa shape index (κ3) is 3.82. The summed E-state index contributed by atoms with van der Waals surface area (Å²) in [7, 11) is 0. The van der Waals surface area contributed by atoms with Crippen molar-refractivity contribution in [3.63, 3.8) is 0 Å². The predicted octanol–water partition coefficient (Wildman–Crippen LogP) is 3.04. The maximum atomic E-state index is 3.66. The van der Waals surface area contributed by atoms with E-state index in [0.29, 0.717) is 6.04 Å². The molecule has 0 saturated carbocycles. The van der Waals surface area contributed by atoms with Gasteiger partial charge in [0.1, 0.15) is 0 Å². The highest BCUT2D eigenvalue weighted by molar-refractivity contribution is 5.14. The lowest BCUT2D eigenvalue weighted by Gasteiger charge is -2.38. The van der Waals surface area contributed by atoms with Gasteiger partial charge in [-0.05, 0) is 38.3 Å². The van der Waals surface area contributed by atoms with E-state index in [1.807, 2.05) is 0 Å². The Hall–Kier alpha value is -0.860. The highest BCUT2D eigenvalue weighted by Crippen LogP contribution is 2.19. The fourth-order valence-corrected chi connectivity index (χ4v) is 2.81. The Balaban J connectivity index is 1.82. The van der Waals surface area contributed by atoms with Crippen LogP contribution in [0.25, 0.3) is 0 Å². The molecule has 18 heavy (non-hydrogen) atoms. The molecule has 1 saturated heterocycles. The van der Waals surface area contributed by atoms with Crippen molar-refractivity contribution in [3.8, 4) is 0 Å². The fraction of sp³-hybridized carbons (Fsp3) is 0.625. The zero-order valence-electron chi connectivity index (χ0n) is 11.7. The van der Waals surface area contributed by atoms with E-state index >= 15 is 0 Å². The molecule has 1 heterocycles. The third-order valence-electron chi connectivity index (χ3n) is 3.93. The first-order chi connectivity index (χ1) is 8.79. The Labute approximate surface area is 111 Å². The summed E-state index contributed by atoms with van der Waals surface area (Å²) in [4.78, 5) is 2.61. The van der Waals surface area contributed by atoms with Gasteiger partial charge >= 0.3 is 0 Å². The molecule has 0 aromatic heterocycles. The summed E-state index contributed by atoms with van der Waals surface area (Å²) in [5.41, 5.74) is 1.43. The van der Waals surface area contributed by atoms with Crippen LogP contribution >= 0.6 is 0 Å². The van der Waals surface area contributed by atoms with Crippen LogP contribution in [0, 0.1) is 0 Å². The van der Waals surface area contributed by atoms with Gasteiger partial charge in [-0.1, -0.05) is 37.3 Å². The van der Waals surface area contributed by atoms with Crippen molar-refractivity contribution >= 4 is 0 Å². The molecule has 2 rings (SSSR count). The first-order valence-corrected chi connectivity index (χ1v) is 7.31. The molecule has 2 unspecified atom stereocenters. The van der Waals surface area contributed by atoms with Gasteiger partial charge in [-0.25, -0.2) is 0 Å². The van der Waals surface area contributed by atoms with Crippen molar-refractivity contribution in [2.45, 2.75) is 51.7 Å². The van der Waals surface area contributed by atoms with E-state index in [1.54, 1.807) is 0 Å². The van der Waals surface area contributed by atoms with Crippen LogP contribution in [0.15, 0.2) is 30.3 Å². The summed E-state index contributed by atoms with van der Waals surface area (Å²) in [5, 5.41) is 3.66. The van der Waals surface area contributed by atoms with Crippen LogP contribution in [0.1, 0.15) is 38.7 Å². The van der Waals surface area contributed by atoms with Gasteiger partial charge in [0.2, 0.25) is 0 Å². The number of nitrogens with zero attached hydrogens (tertiary/aromatic N) is 1. The quantitative estimate of drug-likeness (QED) is 0.859. The molecule has 1 N–H and O–H groups in total. The van der Waals surface area contributed by atoms with Crippen molar-refractivity contribution in [2.75, 3.05) is 13.1 Å². The minimum atomic E-state index is 0.688. The number of rotatable bonds is 5. The smallest absolute Gasteiger partial charge is 0.0236 e. The maximum absolute atomic E-state index is 3.66. The number of likely N-dealkylation sites (tertiary alicyclic amines) is 1. The molecule has 2 heteroatoms. The minimum Gasteiger partial charge on any atom is -0.314 e. The molecule has 1 aliphatic heterocycles. The number of hydrogen-bond donors (Lipinski definition) is 1. The summed E-state index contributed by atoms with van der Waals surface area (Å²) in [6.07, 6.45) is 3.81. The van der Waals surface area contributed by atoms with Gasteiger partial charge in [0.05, 0.1) is 0 Å². The SMILES string of the molecule is CCCNC1CCN(Cc2ccccc2)C(C)C1. The first-order valence-electron chi connectivity index (χ1n) is 7.31. The topological polar surface area (TPSA) is 15.3 Å². The lowest BCUT2D eigenvalue weighted by Crippen LogP contribution is -2.47. The largest absolute Gasteiger partial charge is 0.314 e. The highest BCUT2D eigenvalue weighted by atomic mass is 15.2. The summed E-state index contributed by atoms with van der Waals surface area (Å²) < 4.78 is 0. The molecule has 0 radical (unpaired) electrons. The Morgan fingerprint density at radius 3 is 2.72 bits per heavy atom. The molecule has 0 spiro atoms. The lowest BCUT2D eigenvalue weighted by atomic mass is 9.97. The van der Waals surface area contributed by atoms with Gasteiger partial charge in [0.25, 0.3) is 0 Å². The third-order valence-corrected chi connectivity index (χ3v) is 3.93. The van der Waals surface area contributed by atoms with E-state index in [2.05, 4.69) is 54.4 Å². The standard InChI is InChI=1S/C16H26N2/c1-3-10-17-16-9-11-18(14(2)12-16)13-15-7-5-4-6-8-15/h4-8,14,16-17H,3,9-13H2,1-2H3. The molecule has 0 bridgehead atoms. The highest BCUT2D eigenvalue weighted by Gasteiger charge is 2.24. The minimum absolute atomic E-state index is 0.688. The molecule has 2 nitrogen and oxygen atoms in total. The van der Waals surface area contributed by atoms with E-state index in [1.165, 1.54) is 31.4 Å². The Morgan fingerprint density at radius 2 is 2.06 bits per heavy atom. The average Bonchev–Trinajstić information content (AvgIpc) is 2.40. The fourth-order valence-electron chi connectivity index (χ4n) is 2.81. The number of piperidine rings is 1. The van der Waals surface area contributed by atoms with Crippen LogP contribution in [0.2, 0.25) is 0 Å². The van der Waals surface area contributed by atoms with Crippen molar-refractivity contribution in [3.05, 3.63) is 35.9 Å². The van der Waals surface area contributed by atoms with Gasteiger partial charge in [-0.3, -0.25) is 4.90 Å². The second-order valence-corrected chi connectivity index (χ2v) is 5.48. The van der Waals surface area contributed by atoms with Crippen LogP contribution in [-0.2, 0) is 6.54 Å². The molecule has 1 aromatic carbocycles. The normalized spacial score (nSPS) is 25.2. The van der Waals surface area contributed by atoms with E-state index < -0.39 is 0 Å². The van der Waals surface area contributed by atoms with Crippen molar-refractivity contribution in [1.82, 2.24) is 10.2 Å². The maximum Gasteiger partial charge on any atom is 0.0236 e. The summed E-state index contributed by atoms with van der Waals surface area (Å²) in [6, 6.07) is 12.2. The van der Waals surface area contributed by atoms with Crippen molar-refractivity contribution < 1.29 is 0 Å². The van der Waals surface area contributed by atoms with Gasteiger partial charge in [0, 0.05) is 25.2 Å². The molecule has 100 valence electrons. The van der Waals surface area contributed by atoms with Gasteiger partial charge in [0.15, 0.2) is 0 Å². The monoisotopic (exact) mass is 246 g/mol. The van der Waals surface area contributed by atoms with Crippen LogP contribution in [0.4, 0.5) is 0 Å². The number of hydrogen-bond acceptors (Lipinski definition) is 2. The van der Waals surface area contributed by atoms with Crippen LogP contribution < -0.4 is 5.32 Å². The summed E-state index contributed by atoms with van der Waals surface area (Å²) >= 11 is 0. The molecule has 1 aliphatic rings. The summed E-state index contributed by atoms with van der Waals surface area (Å²) in [6.45, 7) is 8.08. The predicted molar refractivity (Wildman–Crippen MR) is 77.6 cm³/mol. The first kappa shape index (κ1) is 13.6. The average molecular weight is 246 g/mol. The summed E-state index contributed by atoms with van der Waals surface area (Å²) in [5.74, 6) is 0. The molecular weight excluding hydrogens is 220 g/mol. The van der Waals surface area contributed by atoms with Crippen LogP contribution in [0.3, 0.4) is 0 Å². The Morgan fingerprint density at radius 1 is 1.28 bits per heavy atom. The zero-order valence-corrected chi connectivity index (χ0v) is 11.7. The second kappa shape index (κ2) is 6.91. The molecular formula is C16H26N2. The zero-order chi connectivity index (χ0) is 12.8. The Bertz CT molecular complexity index is 336. The van der Waals surface area contributed by atoms with Crippen molar-refractivity contribution in [1.29, 1.82) is 0 Å².